The van der Waals surface area contributed by atoms with Crippen molar-refractivity contribution in [2.24, 2.45) is 11.7 Å². The molecule has 0 saturated carbocycles. The number of thiophene rings is 1. The van der Waals surface area contributed by atoms with Gasteiger partial charge in [0.1, 0.15) is 0 Å². The van der Waals surface area contributed by atoms with Crippen LogP contribution in [0.1, 0.15) is 36.6 Å². The third kappa shape index (κ3) is 3.73. The summed E-state index contributed by atoms with van der Waals surface area (Å²) in [6.07, 6.45) is 1.05. The van der Waals surface area contributed by atoms with E-state index in [0.29, 0.717) is 14.6 Å². The third-order valence-electron chi connectivity index (χ3n) is 2.97. The SMILES string of the molecule is CC(C)Cc1cccc(C(N)c2cc(Cl)sc2Cl)c1. The quantitative estimate of drug-likeness (QED) is 0.814. The van der Waals surface area contributed by atoms with Crippen LogP contribution in [0.2, 0.25) is 8.67 Å². The third-order valence-corrected chi connectivity index (χ3v) is 4.49. The molecular formula is C15H17Cl2NS. The Labute approximate surface area is 128 Å². The first-order chi connectivity index (χ1) is 8.97. The molecule has 2 rings (SSSR count). The van der Waals surface area contributed by atoms with Crippen LogP contribution in [-0.4, -0.2) is 0 Å². The van der Waals surface area contributed by atoms with Crippen LogP contribution in [0.3, 0.4) is 0 Å². The first-order valence-electron chi connectivity index (χ1n) is 6.26. The van der Waals surface area contributed by atoms with Crippen molar-refractivity contribution in [3.05, 3.63) is 55.7 Å². The van der Waals surface area contributed by atoms with Gasteiger partial charge in [-0.3, -0.25) is 0 Å². The molecule has 1 aromatic carbocycles. The van der Waals surface area contributed by atoms with E-state index < -0.39 is 0 Å². The van der Waals surface area contributed by atoms with Gasteiger partial charge in [0.2, 0.25) is 0 Å². The largest absolute Gasteiger partial charge is 0.320 e. The highest BCUT2D eigenvalue weighted by atomic mass is 35.5. The minimum absolute atomic E-state index is 0.219. The van der Waals surface area contributed by atoms with Crippen LogP contribution < -0.4 is 5.73 Å². The van der Waals surface area contributed by atoms with Gasteiger partial charge in [-0.2, -0.15) is 0 Å². The van der Waals surface area contributed by atoms with Gasteiger partial charge in [0, 0.05) is 5.56 Å². The zero-order valence-corrected chi connectivity index (χ0v) is 13.3. The highest BCUT2D eigenvalue weighted by Crippen LogP contribution is 2.36. The van der Waals surface area contributed by atoms with E-state index >= 15 is 0 Å². The molecule has 0 radical (unpaired) electrons. The Morgan fingerprint density at radius 1 is 1.21 bits per heavy atom. The molecule has 1 nitrogen and oxygen atoms in total. The topological polar surface area (TPSA) is 26.0 Å². The predicted octanol–water partition coefficient (Wildman–Crippen LogP) is 5.30. The Balaban J connectivity index is 2.28. The summed E-state index contributed by atoms with van der Waals surface area (Å²) in [7, 11) is 0. The number of nitrogens with two attached hydrogens (primary N) is 1. The van der Waals surface area contributed by atoms with Crippen molar-refractivity contribution in [3.8, 4) is 0 Å². The van der Waals surface area contributed by atoms with Gasteiger partial charge in [-0.1, -0.05) is 61.3 Å². The summed E-state index contributed by atoms with van der Waals surface area (Å²) in [5.41, 5.74) is 9.58. The zero-order valence-electron chi connectivity index (χ0n) is 11.0. The molecule has 0 bridgehead atoms. The summed E-state index contributed by atoms with van der Waals surface area (Å²) in [6, 6.07) is 10.0. The Hall–Kier alpha value is -0.540. The summed E-state index contributed by atoms with van der Waals surface area (Å²) in [5, 5.41) is 0. The first-order valence-corrected chi connectivity index (χ1v) is 7.83. The molecule has 2 aromatic rings. The van der Waals surface area contributed by atoms with Crippen molar-refractivity contribution in [3.63, 3.8) is 0 Å². The fourth-order valence-corrected chi connectivity index (χ4v) is 3.68. The second-order valence-electron chi connectivity index (χ2n) is 5.10. The van der Waals surface area contributed by atoms with Gasteiger partial charge in [-0.25, -0.2) is 0 Å². The monoisotopic (exact) mass is 313 g/mol. The molecule has 0 aliphatic carbocycles. The van der Waals surface area contributed by atoms with Gasteiger partial charge in [0.25, 0.3) is 0 Å². The Morgan fingerprint density at radius 3 is 2.53 bits per heavy atom. The van der Waals surface area contributed by atoms with Crippen LogP contribution in [0.25, 0.3) is 0 Å². The van der Waals surface area contributed by atoms with E-state index in [1.807, 2.05) is 12.1 Å². The van der Waals surface area contributed by atoms with Crippen molar-refractivity contribution >= 4 is 34.5 Å². The van der Waals surface area contributed by atoms with Gasteiger partial charge >= 0.3 is 0 Å². The average Bonchev–Trinajstić information content (AvgIpc) is 2.67. The Bertz CT molecular complexity index is 563. The van der Waals surface area contributed by atoms with Crippen LogP contribution in [0, 0.1) is 5.92 Å². The minimum Gasteiger partial charge on any atom is -0.320 e. The molecule has 0 spiro atoms. The minimum atomic E-state index is -0.219. The van der Waals surface area contributed by atoms with Gasteiger partial charge in [0.05, 0.1) is 14.7 Å². The number of rotatable bonds is 4. The van der Waals surface area contributed by atoms with Gasteiger partial charge in [-0.05, 0) is 29.5 Å². The van der Waals surface area contributed by atoms with E-state index in [4.69, 9.17) is 28.9 Å². The second-order valence-corrected chi connectivity index (χ2v) is 7.39. The van der Waals surface area contributed by atoms with E-state index in [9.17, 15) is 0 Å². The standard InChI is InChI=1S/C15H17Cl2NS/c1-9(2)6-10-4-3-5-11(7-10)14(18)12-8-13(16)19-15(12)17/h3-5,7-9,14H,6,18H2,1-2H3. The second kappa shape index (κ2) is 6.27. The Kier molecular flexibility index (Phi) is 4.91. The Morgan fingerprint density at radius 2 is 1.95 bits per heavy atom. The molecule has 2 N–H and O–H groups in total. The molecule has 1 heterocycles. The molecule has 1 atom stereocenters. The maximum Gasteiger partial charge on any atom is 0.0995 e. The van der Waals surface area contributed by atoms with Crippen LogP contribution in [-0.2, 0) is 6.42 Å². The zero-order chi connectivity index (χ0) is 14.0. The summed E-state index contributed by atoms with van der Waals surface area (Å²) in [4.78, 5) is 0. The van der Waals surface area contributed by atoms with Gasteiger partial charge < -0.3 is 5.73 Å². The molecule has 0 aliphatic heterocycles. The predicted molar refractivity (Wildman–Crippen MR) is 85.4 cm³/mol. The lowest BCUT2D eigenvalue weighted by Gasteiger charge is -2.13. The van der Waals surface area contributed by atoms with Crippen LogP contribution in [0.5, 0.6) is 0 Å². The number of halogens is 2. The van der Waals surface area contributed by atoms with Gasteiger partial charge in [0.15, 0.2) is 0 Å². The van der Waals surface area contributed by atoms with E-state index in [2.05, 4.69) is 32.0 Å². The summed E-state index contributed by atoms with van der Waals surface area (Å²) in [5.74, 6) is 0.630. The molecule has 0 fully saturated rings. The highest BCUT2D eigenvalue weighted by Gasteiger charge is 2.16. The van der Waals surface area contributed by atoms with Gasteiger partial charge in [-0.15, -0.1) is 11.3 Å². The van der Waals surface area contributed by atoms with Crippen LogP contribution >= 0.6 is 34.5 Å². The number of hydrogen-bond acceptors (Lipinski definition) is 2. The van der Waals surface area contributed by atoms with Crippen molar-refractivity contribution < 1.29 is 0 Å². The van der Waals surface area contributed by atoms with E-state index in [-0.39, 0.29) is 6.04 Å². The van der Waals surface area contributed by atoms with E-state index in [1.54, 1.807) is 0 Å². The summed E-state index contributed by atoms with van der Waals surface area (Å²) < 4.78 is 1.35. The lowest BCUT2D eigenvalue weighted by Crippen LogP contribution is -2.11. The van der Waals surface area contributed by atoms with Crippen LogP contribution in [0.4, 0.5) is 0 Å². The maximum atomic E-state index is 6.29. The van der Waals surface area contributed by atoms with E-state index in [0.717, 1.165) is 17.5 Å². The molecule has 1 aromatic heterocycles. The maximum absolute atomic E-state index is 6.29. The lowest BCUT2D eigenvalue weighted by atomic mass is 9.96. The fraction of sp³-hybridized carbons (Fsp3) is 0.333. The number of hydrogen-bond donors (Lipinski definition) is 1. The van der Waals surface area contributed by atoms with E-state index in [1.165, 1.54) is 16.9 Å². The molecule has 19 heavy (non-hydrogen) atoms. The lowest BCUT2D eigenvalue weighted by molar-refractivity contribution is 0.646. The molecule has 1 unspecified atom stereocenters. The van der Waals surface area contributed by atoms with Crippen molar-refractivity contribution in [2.75, 3.05) is 0 Å². The molecule has 0 amide bonds. The molecule has 0 aliphatic rings. The molecule has 4 heteroatoms. The number of benzene rings is 1. The molecule has 102 valence electrons. The van der Waals surface area contributed by atoms with Crippen LogP contribution in [0.15, 0.2) is 30.3 Å². The molecule has 0 saturated heterocycles. The van der Waals surface area contributed by atoms with Crippen molar-refractivity contribution in [1.82, 2.24) is 0 Å². The summed E-state index contributed by atoms with van der Waals surface area (Å²) in [6.45, 7) is 4.42. The van der Waals surface area contributed by atoms with Crippen molar-refractivity contribution in [2.45, 2.75) is 26.3 Å². The molecular weight excluding hydrogens is 297 g/mol. The smallest absolute Gasteiger partial charge is 0.0995 e. The van der Waals surface area contributed by atoms with Crippen molar-refractivity contribution in [1.29, 1.82) is 0 Å². The summed E-state index contributed by atoms with van der Waals surface area (Å²) >= 11 is 13.5. The normalized spacial score (nSPS) is 12.9. The average molecular weight is 314 g/mol. The highest BCUT2D eigenvalue weighted by molar-refractivity contribution is 7.20. The fourth-order valence-electron chi connectivity index (χ4n) is 2.13. The first kappa shape index (κ1) is 14.9.